The third kappa shape index (κ3) is 3.57. The highest BCUT2D eigenvalue weighted by Crippen LogP contribution is 2.23. The number of carbonyl (C=O) groups excluding carboxylic acids is 2. The molecule has 0 saturated carbocycles. The molecule has 2 amide bonds. The van der Waals surface area contributed by atoms with Gasteiger partial charge in [-0.1, -0.05) is 13.8 Å². The van der Waals surface area contributed by atoms with Crippen LogP contribution < -0.4 is 10.6 Å². The van der Waals surface area contributed by atoms with Crippen molar-refractivity contribution in [1.82, 2.24) is 5.32 Å². The van der Waals surface area contributed by atoms with Crippen LogP contribution in [0.3, 0.4) is 0 Å². The van der Waals surface area contributed by atoms with Crippen molar-refractivity contribution in [3.05, 3.63) is 17.0 Å². The third-order valence-electron chi connectivity index (χ3n) is 3.10. The fraction of sp³-hybridized carbons (Fsp3) is 0.462. The van der Waals surface area contributed by atoms with Gasteiger partial charge in [0.05, 0.1) is 9.88 Å². The number of hydrogen-bond donors (Lipinski definition) is 3. The zero-order valence-corrected chi connectivity index (χ0v) is 12.5. The van der Waals surface area contributed by atoms with Crippen molar-refractivity contribution >= 4 is 34.1 Å². The number of carbonyl (C=O) groups is 3. The number of rotatable bonds is 6. The predicted octanol–water partition coefficient (Wildman–Crippen LogP) is 2.08. The van der Waals surface area contributed by atoms with Gasteiger partial charge in [0.2, 0.25) is 5.91 Å². The number of nitrogens with one attached hydrogen (secondary N) is 2. The summed E-state index contributed by atoms with van der Waals surface area (Å²) in [6, 6.07) is 3.17. The first-order valence-corrected chi connectivity index (χ1v) is 7.09. The van der Waals surface area contributed by atoms with Gasteiger partial charge >= 0.3 is 5.97 Å². The van der Waals surface area contributed by atoms with Crippen LogP contribution in [0.2, 0.25) is 0 Å². The second-order valence-electron chi connectivity index (χ2n) is 4.39. The Morgan fingerprint density at radius 2 is 1.85 bits per heavy atom. The van der Waals surface area contributed by atoms with Crippen molar-refractivity contribution in [1.29, 1.82) is 0 Å². The highest BCUT2D eigenvalue weighted by molar-refractivity contribution is 7.18. The smallest absolute Gasteiger partial charge is 0.329 e. The van der Waals surface area contributed by atoms with Crippen molar-refractivity contribution < 1.29 is 19.5 Å². The molecular weight excluding hydrogens is 280 g/mol. The summed E-state index contributed by atoms with van der Waals surface area (Å²) in [5.74, 6) is -1.71. The Labute approximate surface area is 121 Å². The summed E-state index contributed by atoms with van der Waals surface area (Å²) < 4.78 is 0. The van der Waals surface area contributed by atoms with E-state index < -0.39 is 17.4 Å². The van der Waals surface area contributed by atoms with Gasteiger partial charge in [0.25, 0.3) is 5.91 Å². The number of carboxylic acid groups (broad SMARTS) is 1. The Kier molecular flexibility index (Phi) is 5.26. The summed E-state index contributed by atoms with van der Waals surface area (Å²) in [7, 11) is 0. The lowest BCUT2D eigenvalue weighted by Crippen LogP contribution is -2.53. The molecule has 20 heavy (non-hydrogen) atoms. The summed E-state index contributed by atoms with van der Waals surface area (Å²) in [5, 5.41) is 15.0. The van der Waals surface area contributed by atoms with E-state index in [1.807, 2.05) is 0 Å². The summed E-state index contributed by atoms with van der Waals surface area (Å²) in [6.45, 7) is 4.81. The fourth-order valence-corrected chi connectivity index (χ4v) is 2.61. The van der Waals surface area contributed by atoms with E-state index in [-0.39, 0.29) is 5.91 Å². The number of carboxylic acids is 1. The molecule has 3 N–H and O–H groups in total. The maximum Gasteiger partial charge on any atom is 0.329 e. The Hall–Kier alpha value is -1.89. The lowest BCUT2D eigenvalue weighted by atomic mass is 9.93. The molecule has 0 unspecified atom stereocenters. The maximum absolute atomic E-state index is 12.1. The number of hydrogen-bond acceptors (Lipinski definition) is 4. The molecule has 0 atom stereocenters. The summed E-state index contributed by atoms with van der Waals surface area (Å²) in [5.41, 5.74) is -1.25. The Bertz CT molecular complexity index is 520. The Morgan fingerprint density at radius 1 is 1.25 bits per heavy atom. The minimum atomic E-state index is -1.25. The highest BCUT2D eigenvalue weighted by Gasteiger charge is 2.36. The Balaban J connectivity index is 2.87. The molecule has 1 rings (SSSR count). The molecule has 6 nitrogen and oxygen atoms in total. The van der Waals surface area contributed by atoms with Gasteiger partial charge in [0, 0.05) is 6.92 Å². The van der Waals surface area contributed by atoms with Crippen LogP contribution in [0.5, 0.6) is 0 Å². The first-order valence-electron chi connectivity index (χ1n) is 6.28. The highest BCUT2D eigenvalue weighted by atomic mass is 32.1. The monoisotopic (exact) mass is 298 g/mol. The standard InChI is InChI=1S/C13H18N2O4S/c1-4-13(5-2,12(18)19)15-11(17)9-6-7-10(20-9)14-8(3)16/h6-7H,4-5H2,1-3H3,(H,14,16)(H,15,17)(H,18,19). The van der Waals surface area contributed by atoms with Crippen LogP contribution in [-0.2, 0) is 9.59 Å². The van der Waals surface area contributed by atoms with Gasteiger partial charge in [-0.15, -0.1) is 11.3 Å². The van der Waals surface area contributed by atoms with Crippen molar-refractivity contribution in [2.75, 3.05) is 5.32 Å². The van der Waals surface area contributed by atoms with Gasteiger partial charge in [-0.05, 0) is 25.0 Å². The molecule has 0 aliphatic carbocycles. The molecule has 110 valence electrons. The van der Waals surface area contributed by atoms with Crippen molar-refractivity contribution in [2.45, 2.75) is 39.2 Å². The minimum Gasteiger partial charge on any atom is -0.480 e. The van der Waals surface area contributed by atoms with E-state index in [4.69, 9.17) is 0 Å². The topological polar surface area (TPSA) is 95.5 Å². The number of anilines is 1. The zero-order chi connectivity index (χ0) is 15.3. The molecule has 0 aliphatic heterocycles. The van der Waals surface area contributed by atoms with Gasteiger partial charge in [0.15, 0.2) is 0 Å². The molecule has 1 aromatic heterocycles. The van der Waals surface area contributed by atoms with E-state index in [1.165, 1.54) is 6.92 Å². The first kappa shape index (κ1) is 16.2. The van der Waals surface area contributed by atoms with E-state index in [1.54, 1.807) is 26.0 Å². The third-order valence-corrected chi connectivity index (χ3v) is 4.10. The van der Waals surface area contributed by atoms with Gasteiger partial charge in [-0.25, -0.2) is 4.79 Å². The van der Waals surface area contributed by atoms with Crippen molar-refractivity contribution in [3.8, 4) is 0 Å². The molecular formula is C13H18N2O4S. The fourth-order valence-electron chi connectivity index (χ4n) is 1.76. The van der Waals surface area contributed by atoms with Gasteiger partial charge in [-0.2, -0.15) is 0 Å². The van der Waals surface area contributed by atoms with E-state index in [0.29, 0.717) is 22.7 Å². The SMILES string of the molecule is CCC(CC)(NC(=O)c1ccc(NC(C)=O)s1)C(=O)O. The molecule has 1 heterocycles. The maximum atomic E-state index is 12.1. The van der Waals surface area contributed by atoms with E-state index in [0.717, 1.165) is 11.3 Å². The van der Waals surface area contributed by atoms with Crippen molar-refractivity contribution in [3.63, 3.8) is 0 Å². The molecule has 1 aromatic rings. The normalized spacial score (nSPS) is 10.9. The molecule has 0 radical (unpaired) electrons. The van der Waals surface area contributed by atoms with E-state index in [2.05, 4.69) is 10.6 Å². The van der Waals surface area contributed by atoms with Crippen molar-refractivity contribution in [2.24, 2.45) is 0 Å². The van der Waals surface area contributed by atoms with Gasteiger partial charge in [0.1, 0.15) is 5.54 Å². The van der Waals surface area contributed by atoms with Crippen LogP contribution in [0.1, 0.15) is 43.3 Å². The number of amides is 2. The second kappa shape index (κ2) is 6.51. The number of thiophene rings is 1. The number of aliphatic carboxylic acids is 1. The molecule has 7 heteroatoms. The largest absolute Gasteiger partial charge is 0.480 e. The van der Waals surface area contributed by atoms with Crippen LogP contribution in [0.25, 0.3) is 0 Å². The molecule has 0 aromatic carbocycles. The van der Waals surface area contributed by atoms with E-state index in [9.17, 15) is 19.5 Å². The molecule has 0 aliphatic rings. The lowest BCUT2D eigenvalue weighted by Gasteiger charge is -2.27. The first-order chi connectivity index (χ1) is 9.34. The summed E-state index contributed by atoms with van der Waals surface area (Å²) >= 11 is 1.11. The summed E-state index contributed by atoms with van der Waals surface area (Å²) in [4.78, 5) is 34.7. The average molecular weight is 298 g/mol. The molecule has 0 fully saturated rings. The molecule has 0 bridgehead atoms. The van der Waals surface area contributed by atoms with E-state index >= 15 is 0 Å². The van der Waals surface area contributed by atoms with Crippen LogP contribution in [0, 0.1) is 0 Å². The lowest BCUT2D eigenvalue weighted by molar-refractivity contribution is -0.144. The average Bonchev–Trinajstić information content (AvgIpc) is 2.83. The molecule has 0 saturated heterocycles. The predicted molar refractivity (Wildman–Crippen MR) is 77.0 cm³/mol. The zero-order valence-electron chi connectivity index (χ0n) is 11.6. The van der Waals surface area contributed by atoms with Crippen LogP contribution in [-0.4, -0.2) is 28.4 Å². The van der Waals surface area contributed by atoms with Crippen LogP contribution in [0.4, 0.5) is 5.00 Å². The second-order valence-corrected chi connectivity index (χ2v) is 5.48. The minimum absolute atomic E-state index is 0.221. The Morgan fingerprint density at radius 3 is 2.30 bits per heavy atom. The van der Waals surface area contributed by atoms with Gasteiger partial charge < -0.3 is 15.7 Å². The summed E-state index contributed by atoms with van der Waals surface area (Å²) in [6.07, 6.45) is 0.600. The van der Waals surface area contributed by atoms with Gasteiger partial charge in [-0.3, -0.25) is 9.59 Å². The molecule has 0 spiro atoms. The van der Waals surface area contributed by atoms with Crippen LogP contribution in [0.15, 0.2) is 12.1 Å². The quantitative estimate of drug-likeness (QED) is 0.749. The van der Waals surface area contributed by atoms with Crippen LogP contribution >= 0.6 is 11.3 Å².